The number of nitrogens with one attached hydrogen (secondary N) is 2. The Morgan fingerprint density at radius 3 is 2.09 bits per heavy atom. The van der Waals surface area contributed by atoms with Crippen LogP contribution in [0.5, 0.6) is 0 Å². The summed E-state index contributed by atoms with van der Waals surface area (Å²) in [7, 11) is 0. The molecule has 5 nitrogen and oxygen atoms in total. The van der Waals surface area contributed by atoms with Gasteiger partial charge in [-0.3, -0.25) is 0 Å². The number of aromatic carboxylic acids is 1. The maximum atomic E-state index is 12.8. The number of amides is 2. The van der Waals surface area contributed by atoms with Gasteiger partial charge in [-0.2, -0.15) is 13.2 Å². The molecule has 0 atom stereocenters. The molecule has 2 amide bonds. The van der Waals surface area contributed by atoms with E-state index in [1.54, 1.807) is 0 Å². The summed E-state index contributed by atoms with van der Waals surface area (Å²) in [5.41, 5.74) is -1.06. The monoisotopic (exact) mass is 324 g/mol. The van der Waals surface area contributed by atoms with Gasteiger partial charge in [0.2, 0.25) is 0 Å². The fourth-order valence-corrected chi connectivity index (χ4v) is 1.82. The summed E-state index contributed by atoms with van der Waals surface area (Å²) in [6.45, 7) is 0. The Morgan fingerprint density at radius 2 is 1.52 bits per heavy atom. The molecule has 0 unspecified atom stereocenters. The summed E-state index contributed by atoms with van der Waals surface area (Å²) in [5, 5.41) is 13.2. The Hall–Kier alpha value is -3.03. The maximum Gasteiger partial charge on any atom is 0.418 e. The van der Waals surface area contributed by atoms with E-state index in [0.29, 0.717) is 0 Å². The predicted molar refractivity (Wildman–Crippen MR) is 77.5 cm³/mol. The molecule has 2 aromatic carbocycles. The molecule has 0 aliphatic heterocycles. The van der Waals surface area contributed by atoms with Crippen molar-refractivity contribution in [2.75, 3.05) is 10.6 Å². The average Bonchev–Trinajstić information content (AvgIpc) is 2.47. The van der Waals surface area contributed by atoms with Crippen LogP contribution in [-0.2, 0) is 6.18 Å². The summed E-state index contributed by atoms with van der Waals surface area (Å²) in [6, 6.07) is 8.90. The van der Waals surface area contributed by atoms with E-state index in [-0.39, 0.29) is 16.9 Å². The standard InChI is InChI=1S/C15H11F3N2O3/c16-15(17,18)11-3-1-2-4-12(11)20-14(23)19-10-7-5-9(6-8-10)13(21)22/h1-8H,(H,21,22)(H2,19,20,23). The van der Waals surface area contributed by atoms with E-state index in [4.69, 9.17) is 5.11 Å². The smallest absolute Gasteiger partial charge is 0.418 e. The van der Waals surface area contributed by atoms with Crippen LogP contribution in [0.2, 0.25) is 0 Å². The molecule has 3 N–H and O–H groups in total. The van der Waals surface area contributed by atoms with Crippen molar-refractivity contribution in [1.29, 1.82) is 0 Å². The molecule has 0 radical (unpaired) electrons. The molecule has 0 heterocycles. The highest BCUT2D eigenvalue weighted by molar-refractivity contribution is 6.00. The number of alkyl halides is 3. The van der Waals surface area contributed by atoms with Crippen molar-refractivity contribution in [3.8, 4) is 0 Å². The Balaban J connectivity index is 2.10. The Bertz CT molecular complexity index is 727. The quantitative estimate of drug-likeness (QED) is 0.797. The van der Waals surface area contributed by atoms with Gasteiger partial charge in [0.15, 0.2) is 0 Å². The van der Waals surface area contributed by atoms with E-state index in [2.05, 4.69) is 10.6 Å². The molecule has 120 valence electrons. The number of benzene rings is 2. The highest BCUT2D eigenvalue weighted by Crippen LogP contribution is 2.34. The minimum atomic E-state index is -4.59. The first kappa shape index (κ1) is 16.3. The van der Waals surface area contributed by atoms with E-state index in [1.807, 2.05) is 0 Å². The summed E-state index contributed by atoms with van der Waals surface area (Å²) < 4.78 is 38.5. The fraction of sp³-hybridized carbons (Fsp3) is 0.0667. The van der Waals surface area contributed by atoms with Crippen molar-refractivity contribution < 1.29 is 27.9 Å². The summed E-state index contributed by atoms with van der Waals surface area (Å²) in [6.07, 6.45) is -4.59. The van der Waals surface area contributed by atoms with Gasteiger partial charge in [0.1, 0.15) is 0 Å². The molecule has 0 saturated heterocycles. The molecular weight excluding hydrogens is 313 g/mol. The van der Waals surface area contributed by atoms with Crippen LogP contribution in [-0.4, -0.2) is 17.1 Å². The van der Waals surface area contributed by atoms with Gasteiger partial charge in [-0.1, -0.05) is 12.1 Å². The fourth-order valence-electron chi connectivity index (χ4n) is 1.82. The number of carboxylic acid groups (broad SMARTS) is 1. The number of carboxylic acids is 1. The molecule has 8 heteroatoms. The van der Waals surface area contributed by atoms with Crippen LogP contribution in [0.25, 0.3) is 0 Å². The molecule has 2 rings (SSSR count). The Kier molecular flexibility index (Phi) is 4.54. The third-order valence-corrected chi connectivity index (χ3v) is 2.87. The normalized spacial score (nSPS) is 10.9. The molecule has 0 fully saturated rings. The first-order chi connectivity index (χ1) is 10.8. The first-order valence-corrected chi connectivity index (χ1v) is 6.35. The van der Waals surface area contributed by atoms with Crippen molar-refractivity contribution in [2.45, 2.75) is 6.18 Å². The van der Waals surface area contributed by atoms with Crippen molar-refractivity contribution in [2.24, 2.45) is 0 Å². The second-order valence-electron chi connectivity index (χ2n) is 4.50. The van der Waals surface area contributed by atoms with Gasteiger partial charge >= 0.3 is 18.2 Å². The van der Waals surface area contributed by atoms with Gasteiger partial charge in [-0.05, 0) is 36.4 Å². The van der Waals surface area contributed by atoms with Crippen molar-refractivity contribution in [3.05, 3.63) is 59.7 Å². The van der Waals surface area contributed by atoms with Crippen LogP contribution in [0, 0.1) is 0 Å². The van der Waals surface area contributed by atoms with Crippen molar-refractivity contribution in [3.63, 3.8) is 0 Å². The minimum Gasteiger partial charge on any atom is -0.478 e. The molecule has 0 spiro atoms. The van der Waals surface area contributed by atoms with E-state index in [9.17, 15) is 22.8 Å². The Morgan fingerprint density at radius 1 is 0.913 bits per heavy atom. The number of urea groups is 1. The molecule has 0 saturated carbocycles. The number of hydrogen-bond acceptors (Lipinski definition) is 2. The molecule has 0 aliphatic rings. The Labute approximate surface area is 128 Å². The molecule has 0 bridgehead atoms. The third-order valence-electron chi connectivity index (χ3n) is 2.87. The van der Waals surface area contributed by atoms with Crippen LogP contribution in [0.15, 0.2) is 48.5 Å². The van der Waals surface area contributed by atoms with E-state index in [1.165, 1.54) is 36.4 Å². The van der Waals surface area contributed by atoms with Gasteiger partial charge in [-0.15, -0.1) is 0 Å². The molecular formula is C15H11F3N2O3. The zero-order valence-corrected chi connectivity index (χ0v) is 11.5. The lowest BCUT2D eigenvalue weighted by Crippen LogP contribution is -2.21. The molecule has 23 heavy (non-hydrogen) atoms. The molecule has 2 aromatic rings. The maximum absolute atomic E-state index is 12.8. The summed E-state index contributed by atoms with van der Waals surface area (Å²) in [4.78, 5) is 22.5. The van der Waals surface area contributed by atoms with E-state index < -0.39 is 23.7 Å². The van der Waals surface area contributed by atoms with Crippen molar-refractivity contribution >= 4 is 23.4 Å². The number of halogens is 3. The van der Waals surface area contributed by atoms with Gasteiger partial charge in [0.05, 0.1) is 16.8 Å². The van der Waals surface area contributed by atoms with E-state index in [0.717, 1.165) is 12.1 Å². The number of carbonyl (C=O) groups is 2. The lowest BCUT2D eigenvalue weighted by Gasteiger charge is -2.14. The predicted octanol–water partition coefficient (Wildman–Crippen LogP) is 4.05. The van der Waals surface area contributed by atoms with Crippen LogP contribution in [0.3, 0.4) is 0 Å². The number of rotatable bonds is 3. The number of anilines is 2. The SMILES string of the molecule is O=C(Nc1ccc(C(=O)O)cc1)Nc1ccccc1C(F)(F)F. The van der Waals surface area contributed by atoms with Crippen LogP contribution in [0.4, 0.5) is 29.3 Å². The zero-order valence-electron chi connectivity index (χ0n) is 11.5. The van der Waals surface area contributed by atoms with Crippen molar-refractivity contribution in [1.82, 2.24) is 0 Å². The largest absolute Gasteiger partial charge is 0.478 e. The number of para-hydroxylation sites is 1. The highest BCUT2D eigenvalue weighted by Gasteiger charge is 2.33. The third kappa shape index (κ3) is 4.22. The number of carbonyl (C=O) groups excluding carboxylic acids is 1. The van der Waals surface area contributed by atoms with Gasteiger partial charge < -0.3 is 15.7 Å². The summed E-state index contributed by atoms with van der Waals surface area (Å²) in [5.74, 6) is -1.12. The lowest BCUT2D eigenvalue weighted by atomic mass is 10.1. The van der Waals surface area contributed by atoms with Crippen LogP contribution >= 0.6 is 0 Å². The summed E-state index contributed by atoms with van der Waals surface area (Å²) >= 11 is 0. The van der Waals surface area contributed by atoms with Gasteiger partial charge in [-0.25, -0.2) is 9.59 Å². The van der Waals surface area contributed by atoms with Gasteiger partial charge in [0, 0.05) is 5.69 Å². The average molecular weight is 324 g/mol. The molecule has 0 aromatic heterocycles. The van der Waals surface area contributed by atoms with Gasteiger partial charge in [0.25, 0.3) is 0 Å². The van der Waals surface area contributed by atoms with E-state index >= 15 is 0 Å². The first-order valence-electron chi connectivity index (χ1n) is 6.35. The second-order valence-corrected chi connectivity index (χ2v) is 4.50. The van der Waals surface area contributed by atoms with Crippen LogP contribution in [0.1, 0.15) is 15.9 Å². The number of hydrogen-bond donors (Lipinski definition) is 3. The zero-order chi connectivity index (χ0) is 17.0. The molecule has 0 aliphatic carbocycles. The second kappa shape index (κ2) is 6.39. The topological polar surface area (TPSA) is 78.4 Å². The minimum absolute atomic E-state index is 0.0263. The highest BCUT2D eigenvalue weighted by atomic mass is 19.4. The van der Waals surface area contributed by atoms with Crippen LogP contribution < -0.4 is 10.6 Å². The lowest BCUT2D eigenvalue weighted by molar-refractivity contribution is -0.136.